The van der Waals surface area contributed by atoms with Crippen molar-refractivity contribution >= 4 is 16.6 Å². The second-order valence-electron chi connectivity index (χ2n) is 4.18. The van der Waals surface area contributed by atoms with E-state index >= 15 is 0 Å². The van der Waals surface area contributed by atoms with Crippen LogP contribution in [0.2, 0.25) is 0 Å². The van der Waals surface area contributed by atoms with Gasteiger partial charge in [-0.3, -0.25) is 0 Å². The van der Waals surface area contributed by atoms with Crippen LogP contribution in [0.25, 0.3) is 22.0 Å². The topological polar surface area (TPSA) is 24.9 Å². The summed E-state index contributed by atoms with van der Waals surface area (Å²) in [4.78, 5) is 4.60. The van der Waals surface area contributed by atoms with Crippen LogP contribution in [0.1, 0.15) is 0 Å². The maximum Gasteiger partial charge on any atom is 0.126 e. The first-order valence-corrected chi connectivity index (χ1v) is 6.01. The molecule has 88 valence electrons. The minimum absolute atomic E-state index is 0.889. The molecule has 3 rings (SSSR count). The molecule has 2 aromatic carbocycles. The first-order valence-electron chi connectivity index (χ1n) is 6.01. The second-order valence-corrected chi connectivity index (χ2v) is 4.18. The van der Waals surface area contributed by atoms with Crippen LogP contribution in [-0.2, 0) is 0 Å². The van der Waals surface area contributed by atoms with Gasteiger partial charge in [0, 0.05) is 12.6 Å². The molecule has 0 saturated heterocycles. The Labute approximate surface area is 106 Å². The van der Waals surface area contributed by atoms with E-state index in [4.69, 9.17) is 0 Å². The van der Waals surface area contributed by atoms with Crippen molar-refractivity contribution in [1.29, 1.82) is 0 Å². The summed E-state index contributed by atoms with van der Waals surface area (Å²) in [5, 5.41) is 5.55. The number of nitrogens with one attached hydrogen (secondary N) is 1. The number of anilines is 1. The number of rotatable bonds is 2. The Hall–Kier alpha value is -2.35. The van der Waals surface area contributed by atoms with Gasteiger partial charge in [0.05, 0.1) is 5.69 Å². The van der Waals surface area contributed by atoms with E-state index in [0.717, 1.165) is 11.5 Å². The number of hydrogen-bond acceptors (Lipinski definition) is 2. The maximum atomic E-state index is 4.60. The van der Waals surface area contributed by atoms with Crippen molar-refractivity contribution in [1.82, 2.24) is 4.98 Å². The van der Waals surface area contributed by atoms with Crippen molar-refractivity contribution in [2.45, 2.75) is 0 Å². The van der Waals surface area contributed by atoms with Gasteiger partial charge in [-0.15, -0.1) is 0 Å². The monoisotopic (exact) mass is 234 g/mol. The molecular weight excluding hydrogens is 220 g/mol. The molecule has 0 bridgehead atoms. The van der Waals surface area contributed by atoms with E-state index in [9.17, 15) is 0 Å². The molecule has 18 heavy (non-hydrogen) atoms. The van der Waals surface area contributed by atoms with Gasteiger partial charge in [-0.25, -0.2) is 4.98 Å². The van der Waals surface area contributed by atoms with Crippen LogP contribution in [0, 0.1) is 0 Å². The molecule has 0 aliphatic rings. The van der Waals surface area contributed by atoms with Crippen molar-refractivity contribution in [2.24, 2.45) is 0 Å². The molecular formula is C16H14N2. The Morgan fingerprint density at radius 2 is 1.61 bits per heavy atom. The van der Waals surface area contributed by atoms with Crippen LogP contribution in [0.15, 0.2) is 60.7 Å². The lowest BCUT2D eigenvalue weighted by Crippen LogP contribution is -1.93. The molecule has 0 spiro atoms. The van der Waals surface area contributed by atoms with Crippen LogP contribution in [0.5, 0.6) is 0 Å². The zero-order chi connectivity index (χ0) is 12.4. The summed E-state index contributed by atoms with van der Waals surface area (Å²) in [6, 6.07) is 20.7. The fourth-order valence-corrected chi connectivity index (χ4v) is 2.17. The van der Waals surface area contributed by atoms with Gasteiger partial charge in [0.25, 0.3) is 0 Å². The third-order valence-corrected chi connectivity index (χ3v) is 3.07. The minimum Gasteiger partial charge on any atom is -0.373 e. The van der Waals surface area contributed by atoms with Crippen LogP contribution in [0.4, 0.5) is 5.82 Å². The number of benzene rings is 2. The zero-order valence-corrected chi connectivity index (χ0v) is 10.2. The van der Waals surface area contributed by atoms with E-state index in [2.05, 4.69) is 52.8 Å². The van der Waals surface area contributed by atoms with E-state index in [0.29, 0.717) is 0 Å². The summed E-state index contributed by atoms with van der Waals surface area (Å²) in [5.74, 6) is 0.889. The number of nitrogens with zero attached hydrogens (tertiary/aromatic N) is 1. The highest BCUT2D eigenvalue weighted by atomic mass is 15.0. The Morgan fingerprint density at radius 1 is 0.833 bits per heavy atom. The van der Waals surface area contributed by atoms with Crippen LogP contribution < -0.4 is 5.32 Å². The first-order chi connectivity index (χ1) is 8.88. The molecule has 1 aromatic heterocycles. The Balaban J connectivity index is 2.24. The summed E-state index contributed by atoms with van der Waals surface area (Å²) in [5.41, 5.74) is 2.17. The van der Waals surface area contributed by atoms with Crippen molar-refractivity contribution in [3.63, 3.8) is 0 Å². The van der Waals surface area contributed by atoms with Gasteiger partial charge in [0.15, 0.2) is 0 Å². The zero-order valence-electron chi connectivity index (χ0n) is 10.2. The largest absolute Gasteiger partial charge is 0.373 e. The highest BCUT2D eigenvalue weighted by Gasteiger charge is 2.04. The van der Waals surface area contributed by atoms with Gasteiger partial charge in [0.2, 0.25) is 0 Å². The molecule has 0 unspecified atom stereocenters. The Kier molecular flexibility index (Phi) is 2.69. The third-order valence-electron chi connectivity index (χ3n) is 3.07. The van der Waals surface area contributed by atoms with Crippen molar-refractivity contribution < 1.29 is 0 Å². The van der Waals surface area contributed by atoms with Crippen molar-refractivity contribution in [3.05, 3.63) is 60.7 Å². The fraction of sp³-hybridized carbons (Fsp3) is 0.0625. The van der Waals surface area contributed by atoms with Crippen LogP contribution in [-0.4, -0.2) is 12.0 Å². The second kappa shape index (κ2) is 4.49. The quantitative estimate of drug-likeness (QED) is 0.726. The molecule has 1 N–H and O–H groups in total. The summed E-state index contributed by atoms with van der Waals surface area (Å²) >= 11 is 0. The van der Waals surface area contributed by atoms with Gasteiger partial charge < -0.3 is 5.32 Å². The SMILES string of the molecule is CNc1cccc(-c2cccc3ccccc23)n1. The highest BCUT2D eigenvalue weighted by Crippen LogP contribution is 2.27. The molecule has 0 atom stereocenters. The highest BCUT2D eigenvalue weighted by molar-refractivity contribution is 5.95. The first kappa shape index (κ1) is 10.8. The smallest absolute Gasteiger partial charge is 0.126 e. The average molecular weight is 234 g/mol. The van der Waals surface area contributed by atoms with Gasteiger partial charge >= 0.3 is 0 Å². The lowest BCUT2D eigenvalue weighted by Gasteiger charge is -2.07. The molecule has 3 aromatic rings. The summed E-state index contributed by atoms with van der Waals surface area (Å²) < 4.78 is 0. The molecule has 0 saturated carbocycles. The van der Waals surface area contributed by atoms with Gasteiger partial charge in [-0.2, -0.15) is 0 Å². The molecule has 2 nitrogen and oxygen atoms in total. The lowest BCUT2D eigenvalue weighted by molar-refractivity contribution is 1.29. The number of hydrogen-bond donors (Lipinski definition) is 1. The van der Waals surface area contributed by atoms with Crippen LogP contribution >= 0.6 is 0 Å². The summed E-state index contributed by atoms with van der Waals surface area (Å²) in [6.45, 7) is 0. The number of fused-ring (bicyclic) bond motifs is 1. The molecule has 0 radical (unpaired) electrons. The predicted molar refractivity (Wildman–Crippen MR) is 76.7 cm³/mol. The van der Waals surface area contributed by atoms with E-state index in [-0.39, 0.29) is 0 Å². The molecule has 1 heterocycles. The van der Waals surface area contributed by atoms with Gasteiger partial charge in [-0.05, 0) is 22.9 Å². The number of aromatic nitrogens is 1. The van der Waals surface area contributed by atoms with Crippen molar-refractivity contribution in [3.8, 4) is 11.3 Å². The van der Waals surface area contributed by atoms with Crippen molar-refractivity contribution in [2.75, 3.05) is 12.4 Å². The molecule has 0 aliphatic carbocycles. The molecule has 0 fully saturated rings. The van der Waals surface area contributed by atoms with E-state index in [1.54, 1.807) is 0 Å². The number of pyridine rings is 1. The normalized spacial score (nSPS) is 10.5. The van der Waals surface area contributed by atoms with Crippen LogP contribution in [0.3, 0.4) is 0 Å². The Bertz CT molecular complexity index is 684. The fourth-order valence-electron chi connectivity index (χ4n) is 2.17. The molecule has 2 heteroatoms. The maximum absolute atomic E-state index is 4.60. The predicted octanol–water partition coefficient (Wildman–Crippen LogP) is 3.94. The third kappa shape index (κ3) is 1.82. The summed E-state index contributed by atoms with van der Waals surface area (Å²) in [6.07, 6.45) is 0. The molecule has 0 aliphatic heterocycles. The van der Waals surface area contributed by atoms with Gasteiger partial charge in [-0.1, -0.05) is 48.5 Å². The van der Waals surface area contributed by atoms with E-state index in [1.165, 1.54) is 16.3 Å². The van der Waals surface area contributed by atoms with E-state index < -0.39 is 0 Å². The standard InChI is InChI=1S/C16H14N2/c1-17-16-11-5-10-15(18-16)14-9-4-7-12-6-2-3-8-13(12)14/h2-11H,1H3,(H,17,18). The van der Waals surface area contributed by atoms with E-state index in [1.807, 2.05) is 25.2 Å². The average Bonchev–Trinajstić information content (AvgIpc) is 2.47. The Morgan fingerprint density at radius 3 is 2.50 bits per heavy atom. The van der Waals surface area contributed by atoms with Gasteiger partial charge in [0.1, 0.15) is 5.82 Å². The minimum atomic E-state index is 0.889. The lowest BCUT2D eigenvalue weighted by atomic mass is 10.0. The summed E-state index contributed by atoms with van der Waals surface area (Å²) in [7, 11) is 1.88. The molecule has 0 amide bonds.